The summed E-state index contributed by atoms with van der Waals surface area (Å²) in [6.45, 7) is 0. The Balaban J connectivity index is 1.08. The zero-order valence-electron chi connectivity index (χ0n) is 31.7. The summed E-state index contributed by atoms with van der Waals surface area (Å²) in [6.07, 6.45) is 0. The van der Waals surface area contributed by atoms with E-state index in [1.54, 1.807) is 0 Å². The largest absolute Gasteiger partial charge is 0.310 e. The van der Waals surface area contributed by atoms with Crippen molar-refractivity contribution in [1.29, 1.82) is 0 Å². The second-order valence-corrected chi connectivity index (χ2v) is 15.9. The Bertz CT molecular complexity index is 3260. The predicted octanol–water partition coefficient (Wildman–Crippen LogP) is 16.5. The molecule has 1 aromatic heterocycles. The molecule has 1 nitrogen and oxygen atoms in total. The van der Waals surface area contributed by atoms with Gasteiger partial charge in [0.2, 0.25) is 0 Å². The lowest BCUT2D eigenvalue weighted by Gasteiger charge is -2.29. The molecule has 10 aromatic carbocycles. The molecule has 2 heteroatoms. The van der Waals surface area contributed by atoms with Crippen molar-refractivity contribution in [2.45, 2.75) is 0 Å². The van der Waals surface area contributed by atoms with Gasteiger partial charge in [-0.2, -0.15) is 0 Å². The van der Waals surface area contributed by atoms with Gasteiger partial charge in [0.1, 0.15) is 0 Å². The van der Waals surface area contributed by atoms with Gasteiger partial charge in [-0.1, -0.05) is 176 Å². The van der Waals surface area contributed by atoms with Gasteiger partial charge in [-0.05, 0) is 109 Å². The average Bonchev–Trinajstić information content (AvgIpc) is 3.69. The van der Waals surface area contributed by atoms with Crippen LogP contribution < -0.4 is 4.90 Å². The molecule has 0 spiro atoms. The van der Waals surface area contributed by atoms with Crippen LogP contribution in [-0.2, 0) is 0 Å². The van der Waals surface area contributed by atoms with Gasteiger partial charge < -0.3 is 4.90 Å². The highest BCUT2D eigenvalue weighted by Crippen LogP contribution is 2.46. The van der Waals surface area contributed by atoms with Gasteiger partial charge in [0.25, 0.3) is 0 Å². The molecule has 0 aliphatic carbocycles. The fourth-order valence-corrected chi connectivity index (χ4v) is 9.86. The van der Waals surface area contributed by atoms with Crippen LogP contribution in [0.1, 0.15) is 0 Å². The smallest absolute Gasteiger partial charge is 0.0540 e. The molecule has 0 aliphatic heterocycles. The van der Waals surface area contributed by atoms with Crippen molar-refractivity contribution in [3.63, 3.8) is 0 Å². The first-order valence-corrected chi connectivity index (χ1v) is 20.7. The number of anilines is 3. The van der Waals surface area contributed by atoms with E-state index in [0.29, 0.717) is 0 Å². The minimum absolute atomic E-state index is 1.10. The molecule has 11 aromatic rings. The first-order valence-electron chi connectivity index (χ1n) is 19.8. The van der Waals surface area contributed by atoms with Crippen molar-refractivity contribution in [3.8, 4) is 44.5 Å². The van der Waals surface area contributed by atoms with Crippen LogP contribution in [0.5, 0.6) is 0 Å². The third-order valence-corrected chi connectivity index (χ3v) is 12.6. The lowest BCUT2D eigenvalue weighted by Crippen LogP contribution is -2.11. The van der Waals surface area contributed by atoms with E-state index in [4.69, 9.17) is 0 Å². The summed E-state index contributed by atoms with van der Waals surface area (Å²) in [5, 5.41) is 7.61. The fourth-order valence-electron chi connectivity index (χ4n) is 8.72. The number of thiophene rings is 1. The Morgan fingerprint density at radius 2 is 0.828 bits per heavy atom. The number of hydrogen-bond acceptors (Lipinski definition) is 2. The Kier molecular flexibility index (Phi) is 8.42. The highest BCUT2D eigenvalue weighted by atomic mass is 32.1. The highest BCUT2D eigenvalue weighted by Gasteiger charge is 2.20. The van der Waals surface area contributed by atoms with Crippen LogP contribution >= 0.6 is 11.3 Å². The van der Waals surface area contributed by atoms with Crippen molar-refractivity contribution >= 4 is 70.1 Å². The maximum Gasteiger partial charge on any atom is 0.0540 e. The van der Waals surface area contributed by atoms with E-state index in [-0.39, 0.29) is 0 Å². The van der Waals surface area contributed by atoms with Crippen LogP contribution in [0.15, 0.2) is 224 Å². The minimum Gasteiger partial charge on any atom is -0.310 e. The Morgan fingerprint density at radius 1 is 0.293 bits per heavy atom. The van der Waals surface area contributed by atoms with E-state index in [1.807, 2.05) is 11.3 Å². The van der Waals surface area contributed by atoms with Crippen molar-refractivity contribution in [2.75, 3.05) is 4.90 Å². The predicted molar refractivity (Wildman–Crippen MR) is 251 cm³/mol. The first kappa shape index (κ1) is 34.0. The van der Waals surface area contributed by atoms with E-state index < -0.39 is 0 Å². The fraction of sp³-hybridized carbons (Fsp3) is 0. The molecule has 58 heavy (non-hydrogen) atoms. The monoisotopic (exact) mass is 755 g/mol. The molecule has 0 atom stereocenters. The van der Waals surface area contributed by atoms with Crippen LogP contribution in [0.25, 0.3) is 86.2 Å². The molecule has 0 unspecified atom stereocenters. The third kappa shape index (κ3) is 5.94. The summed E-state index contributed by atoms with van der Waals surface area (Å²) >= 11 is 1.86. The third-order valence-electron chi connectivity index (χ3n) is 11.5. The van der Waals surface area contributed by atoms with Crippen molar-refractivity contribution in [2.24, 2.45) is 0 Å². The molecule has 0 radical (unpaired) electrons. The molecule has 0 fully saturated rings. The maximum atomic E-state index is 2.42. The topological polar surface area (TPSA) is 3.24 Å². The number of para-hydroxylation sites is 1. The number of hydrogen-bond donors (Lipinski definition) is 0. The van der Waals surface area contributed by atoms with Crippen molar-refractivity contribution in [3.05, 3.63) is 224 Å². The van der Waals surface area contributed by atoms with Crippen LogP contribution in [0.2, 0.25) is 0 Å². The summed E-state index contributed by atoms with van der Waals surface area (Å²) in [6, 6.07) is 82.0. The minimum atomic E-state index is 1.10. The Morgan fingerprint density at radius 3 is 1.62 bits per heavy atom. The molecule has 0 bridgehead atoms. The van der Waals surface area contributed by atoms with E-state index in [9.17, 15) is 0 Å². The van der Waals surface area contributed by atoms with Gasteiger partial charge in [-0.15, -0.1) is 11.3 Å². The van der Waals surface area contributed by atoms with Crippen LogP contribution in [-0.4, -0.2) is 0 Å². The number of rotatable bonds is 7. The summed E-state index contributed by atoms with van der Waals surface area (Å²) < 4.78 is 2.63. The molecule has 0 N–H and O–H groups in total. The number of fused-ring (bicyclic) bond motifs is 5. The lowest BCUT2D eigenvalue weighted by molar-refractivity contribution is 1.28. The zero-order chi connectivity index (χ0) is 38.4. The molecular weight excluding hydrogens is 719 g/mol. The van der Waals surface area contributed by atoms with Gasteiger partial charge >= 0.3 is 0 Å². The molecule has 0 aliphatic rings. The molecular formula is C56H37NS. The number of benzene rings is 10. The normalized spacial score (nSPS) is 11.4. The van der Waals surface area contributed by atoms with Crippen LogP contribution in [0.3, 0.4) is 0 Å². The highest BCUT2D eigenvalue weighted by molar-refractivity contribution is 7.25. The molecule has 0 saturated heterocycles. The van der Waals surface area contributed by atoms with Crippen LogP contribution in [0.4, 0.5) is 17.1 Å². The van der Waals surface area contributed by atoms with Gasteiger partial charge in [-0.25, -0.2) is 0 Å². The summed E-state index contributed by atoms with van der Waals surface area (Å²) in [5.74, 6) is 0. The molecule has 272 valence electrons. The van der Waals surface area contributed by atoms with Gasteiger partial charge in [0.05, 0.1) is 5.69 Å². The summed E-state index contributed by atoms with van der Waals surface area (Å²) in [4.78, 5) is 2.42. The van der Waals surface area contributed by atoms with Crippen molar-refractivity contribution < 1.29 is 0 Å². The Labute approximate surface area is 342 Å². The molecule has 1 heterocycles. The van der Waals surface area contributed by atoms with E-state index in [1.165, 1.54) is 86.2 Å². The van der Waals surface area contributed by atoms with E-state index in [0.717, 1.165) is 17.1 Å². The molecule has 0 saturated carbocycles. The standard InChI is InChI=1S/C56H37NS/c1-2-14-40(15-3-1)47-21-10-17-42-18-11-23-50(55(42)47)49-19-6-8-24-52(49)57(45-33-29-39(30-34-45)44-28-27-38-13-4-5-16-43(38)37-44)46-35-31-41(32-36-46)48-22-12-26-54-56(48)51-20-7-9-25-53(51)58-54/h1-37H. The summed E-state index contributed by atoms with van der Waals surface area (Å²) in [7, 11) is 0. The van der Waals surface area contributed by atoms with Gasteiger partial charge in [0.15, 0.2) is 0 Å². The maximum absolute atomic E-state index is 2.42. The van der Waals surface area contributed by atoms with Gasteiger partial charge in [-0.3, -0.25) is 0 Å². The van der Waals surface area contributed by atoms with Gasteiger partial charge in [0, 0.05) is 37.1 Å². The molecule has 11 rings (SSSR count). The summed E-state index contributed by atoms with van der Waals surface area (Å²) in [5.41, 5.74) is 13.0. The number of nitrogens with zero attached hydrogens (tertiary/aromatic N) is 1. The van der Waals surface area contributed by atoms with Crippen LogP contribution in [0, 0.1) is 0 Å². The van der Waals surface area contributed by atoms with Crippen molar-refractivity contribution in [1.82, 2.24) is 0 Å². The second kappa shape index (κ2) is 14.4. The first-order chi connectivity index (χ1) is 28.8. The van der Waals surface area contributed by atoms with E-state index in [2.05, 4.69) is 229 Å². The second-order valence-electron chi connectivity index (χ2n) is 14.9. The molecule has 0 amide bonds. The quantitative estimate of drug-likeness (QED) is 0.157. The SMILES string of the molecule is c1ccc(-c2cccc3cccc(-c4ccccc4N(c4ccc(-c5ccc6ccccc6c5)cc4)c4ccc(-c5cccc6sc7ccccc7c56)cc4)c23)cc1. The average molecular weight is 756 g/mol. The zero-order valence-corrected chi connectivity index (χ0v) is 32.5. The lowest BCUT2D eigenvalue weighted by atomic mass is 9.90. The Hall–Kier alpha value is -7.26. The van der Waals surface area contributed by atoms with E-state index >= 15 is 0 Å².